The summed E-state index contributed by atoms with van der Waals surface area (Å²) in [6.45, 7) is 1.66. The predicted molar refractivity (Wildman–Crippen MR) is 117 cm³/mol. The molecule has 0 radical (unpaired) electrons. The van der Waals surface area contributed by atoms with Crippen LogP contribution in [0.15, 0.2) is 54.7 Å². The van der Waals surface area contributed by atoms with Crippen LogP contribution in [0.2, 0.25) is 0 Å². The molecule has 1 atom stereocenters. The van der Waals surface area contributed by atoms with Crippen molar-refractivity contribution >= 4 is 22.9 Å². The zero-order valence-corrected chi connectivity index (χ0v) is 16.8. The molecule has 0 spiro atoms. The number of nitrogens with one attached hydrogen (secondary N) is 2. The maximum Gasteiger partial charge on any atom is 0.267 e. The second-order valence-corrected chi connectivity index (χ2v) is 7.69. The van der Waals surface area contributed by atoms with Gasteiger partial charge in [0.25, 0.3) is 5.91 Å². The van der Waals surface area contributed by atoms with Gasteiger partial charge in [-0.3, -0.25) is 14.9 Å². The number of nitrogens with zero attached hydrogens (tertiary/aromatic N) is 1. The average Bonchev–Trinajstić information content (AvgIpc) is 3.39. The Bertz CT molecular complexity index is 1060. The number of carbonyl (C=O) groups is 1. The van der Waals surface area contributed by atoms with Crippen molar-refractivity contribution < 1.29 is 15.1 Å². The number of hydroxylamine groups is 1. The van der Waals surface area contributed by atoms with Crippen molar-refractivity contribution in [2.45, 2.75) is 25.3 Å². The van der Waals surface area contributed by atoms with E-state index in [1.807, 2.05) is 12.1 Å². The van der Waals surface area contributed by atoms with Gasteiger partial charge in [-0.1, -0.05) is 36.4 Å². The molecule has 2 aromatic carbocycles. The molecule has 4 N–H and O–H groups in total. The van der Waals surface area contributed by atoms with Crippen LogP contribution >= 0.6 is 0 Å². The molecule has 0 saturated heterocycles. The third-order valence-corrected chi connectivity index (χ3v) is 5.92. The summed E-state index contributed by atoms with van der Waals surface area (Å²) in [5.74, 6) is -0.542. The summed E-state index contributed by atoms with van der Waals surface area (Å²) in [5, 5.41) is 19.5. The number of para-hydroxylation sites is 1. The largest absolute Gasteiger partial charge is 0.395 e. The SMILES string of the molecule is O=C(/C=C/c1ccc2c(c1)CCC2N(CCO)CCc1c[nH]c2ccccc12)NO. The summed E-state index contributed by atoms with van der Waals surface area (Å²) in [7, 11) is 0. The molecular weight excluding hydrogens is 378 g/mol. The van der Waals surface area contributed by atoms with Gasteiger partial charge in [0.05, 0.1) is 6.61 Å². The topological polar surface area (TPSA) is 88.6 Å². The maximum atomic E-state index is 11.2. The van der Waals surface area contributed by atoms with Crippen molar-refractivity contribution in [1.29, 1.82) is 0 Å². The smallest absolute Gasteiger partial charge is 0.267 e. The molecule has 0 fully saturated rings. The summed E-state index contributed by atoms with van der Waals surface area (Å²) in [4.78, 5) is 16.9. The van der Waals surface area contributed by atoms with Crippen LogP contribution in [0.1, 0.15) is 34.7 Å². The monoisotopic (exact) mass is 405 g/mol. The van der Waals surface area contributed by atoms with E-state index in [9.17, 15) is 9.90 Å². The normalized spacial score (nSPS) is 15.9. The van der Waals surface area contributed by atoms with Gasteiger partial charge in [-0.05, 0) is 53.7 Å². The molecule has 1 unspecified atom stereocenters. The third-order valence-electron chi connectivity index (χ3n) is 5.92. The van der Waals surface area contributed by atoms with Crippen molar-refractivity contribution in [2.75, 3.05) is 19.7 Å². The van der Waals surface area contributed by atoms with Gasteiger partial charge >= 0.3 is 0 Å². The van der Waals surface area contributed by atoms with Crippen molar-refractivity contribution in [1.82, 2.24) is 15.4 Å². The van der Waals surface area contributed by atoms with E-state index in [-0.39, 0.29) is 12.6 Å². The molecule has 156 valence electrons. The number of rotatable bonds is 8. The van der Waals surface area contributed by atoms with Gasteiger partial charge in [0.15, 0.2) is 0 Å². The number of aliphatic hydroxyl groups excluding tert-OH is 1. The number of hydrogen-bond acceptors (Lipinski definition) is 4. The van der Waals surface area contributed by atoms with Crippen molar-refractivity contribution in [2.24, 2.45) is 0 Å². The minimum absolute atomic E-state index is 0.136. The van der Waals surface area contributed by atoms with E-state index in [1.54, 1.807) is 11.6 Å². The Morgan fingerprint density at radius 3 is 2.93 bits per heavy atom. The molecule has 30 heavy (non-hydrogen) atoms. The fourth-order valence-electron chi connectivity index (χ4n) is 4.46. The van der Waals surface area contributed by atoms with Crippen LogP contribution in [0.4, 0.5) is 0 Å². The Hall–Kier alpha value is -2.93. The van der Waals surface area contributed by atoms with Gasteiger partial charge in [-0.2, -0.15) is 0 Å². The minimum Gasteiger partial charge on any atom is -0.395 e. The second-order valence-electron chi connectivity index (χ2n) is 7.69. The molecule has 0 aliphatic heterocycles. The Labute approximate surface area is 175 Å². The van der Waals surface area contributed by atoms with Gasteiger partial charge in [-0.25, -0.2) is 5.48 Å². The predicted octanol–water partition coefficient (Wildman–Crippen LogP) is 3.21. The number of aryl methyl sites for hydroxylation is 1. The molecule has 0 saturated carbocycles. The fraction of sp³-hybridized carbons (Fsp3) is 0.292. The standard InChI is InChI=1S/C24H27N3O3/c28-14-13-27(12-11-19-16-25-22-4-2-1-3-20(19)22)23-9-7-18-15-17(5-8-21(18)23)6-10-24(29)26-30/h1-6,8,10,15-16,23,25,28,30H,7,9,11-14H2,(H,26,29)/b10-6+. The van der Waals surface area contributed by atoms with E-state index < -0.39 is 5.91 Å². The first kappa shape index (κ1) is 20.3. The van der Waals surface area contributed by atoms with Crippen LogP contribution in [0, 0.1) is 0 Å². The van der Waals surface area contributed by atoms with E-state index in [0.717, 1.165) is 36.9 Å². The van der Waals surface area contributed by atoms with Crippen LogP contribution in [-0.2, 0) is 17.6 Å². The summed E-state index contributed by atoms with van der Waals surface area (Å²) < 4.78 is 0. The first-order valence-corrected chi connectivity index (χ1v) is 10.3. The van der Waals surface area contributed by atoms with Gasteiger partial charge in [-0.15, -0.1) is 0 Å². The van der Waals surface area contributed by atoms with Crippen molar-refractivity contribution in [3.63, 3.8) is 0 Å². The van der Waals surface area contributed by atoms with E-state index in [2.05, 4.69) is 46.4 Å². The number of fused-ring (bicyclic) bond motifs is 2. The van der Waals surface area contributed by atoms with Crippen molar-refractivity contribution in [3.05, 3.63) is 77.0 Å². The molecular formula is C24H27N3O3. The highest BCUT2D eigenvalue weighted by Crippen LogP contribution is 2.36. The Balaban J connectivity index is 1.49. The van der Waals surface area contributed by atoms with E-state index in [0.29, 0.717) is 6.54 Å². The molecule has 1 aromatic heterocycles. The molecule has 6 heteroatoms. The van der Waals surface area contributed by atoms with Crippen LogP contribution in [0.5, 0.6) is 0 Å². The number of aromatic amines is 1. The second kappa shape index (κ2) is 9.26. The zero-order chi connectivity index (χ0) is 20.9. The van der Waals surface area contributed by atoms with Crippen LogP contribution in [-0.4, -0.2) is 45.8 Å². The fourth-order valence-corrected chi connectivity index (χ4v) is 4.46. The van der Waals surface area contributed by atoms with Crippen molar-refractivity contribution in [3.8, 4) is 0 Å². The lowest BCUT2D eigenvalue weighted by atomic mass is 10.0. The lowest BCUT2D eigenvalue weighted by Gasteiger charge is -2.29. The minimum atomic E-state index is -0.542. The lowest BCUT2D eigenvalue weighted by Crippen LogP contribution is -2.32. The number of carbonyl (C=O) groups excluding carboxylic acids is 1. The Kier molecular flexibility index (Phi) is 6.28. The Morgan fingerprint density at radius 2 is 2.10 bits per heavy atom. The van der Waals surface area contributed by atoms with Gasteiger partial charge in [0.1, 0.15) is 0 Å². The first-order valence-electron chi connectivity index (χ1n) is 10.3. The lowest BCUT2D eigenvalue weighted by molar-refractivity contribution is -0.124. The summed E-state index contributed by atoms with van der Waals surface area (Å²) in [6.07, 6.45) is 8.02. The molecule has 1 amide bonds. The zero-order valence-electron chi connectivity index (χ0n) is 16.8. The van der Waals surface area contributed by atoms with E-state index in [4.69, 9.17) is 5.21 Å². The quantitative estimate of drug-likeness (QED) is 0.263. The Morgan fingerprint density at radius 1 is 1.23 bits per heavy atom. The number of aromatic nitrogens is 1. The molecule has 1 heterocycles. The molecule has 1 aliphatic rings. The molecule has 0 bridgehead atoms. The van der Waals surface area contributed by atoms with E-state index >= 15 is 0 Å². The first-order chi connectivity index (χ1) is 14.7. The van der Waals surface area contributed by atoms with Crippen LogP contribution in [0.3, 0.4) is 0 Å². The number of hydrogen-bond donors (Lipinski definition) is 4. The molecule has 3 aromatic rings. The number of amides is 1. The van der Waals surface area contributed by atoms with Crippen LogP contribution in [0.25, 0.3) is 17.0 Å². The van der Waals surface area contributed by atoms with Gasteiger partial charge in [0, 0.05) is 42.3 Å². The van der Waals surface area contributed by atoms with Gasteiger partial charge in [0.2, 0.25) is 0 Å². The van der Waals surface area contributed by atoms with Gasteiger partial charge < -0.3 is 10.1 Å². The number of aliphatic hydroxyl groups is 1. The average molecular weight is 405 g/mol. The molecule has 1 aliphatic carbocycles. The molecule has 4 rings (SSSR count). The highest BCUT2D eigenvalue weighted by atomic mass is 16.5. The van der Waals surface area contributed by atoms with E-state index in [1.165, 1.54) is 28.2 Å². The summed E-state index contributed by atoms with van der Waals surface area (Å²) >= 11 is 0. The number of H-pyrrole nitrogens is 1. The highest BCUT2D eigenvalue weighted by molar-refractivity contribution is 5.90. The summed E-state index contributed by atoms with van der Waals surface area (Å²) in [6, 6.07) is 14.9. The third kappa shape index (κ3) is 4.31. The maximum absolute atomic E-state index is 11.2. The highest BCUT2D eigenvalue weighted by Gasteiger charge is 2.27. The van der Waals surface area contributed by atoms with Crippen LogP contribution < -0.4 is 5.48 Å². The molecule has 6 nitrogen and oxygen atoms in total. The summed E-state index contributed by atoms with van der Waals surface area (Å²) in [5.41, 5.74) is 7.57. The number of benzene rings is 2.